The van der Waals surface area contributed by atoms with Gasteiger partial charge >= 0.3 is 6.09 Å². The normalized spacial score (nSPS) is 15.1. The van der Waals surface area contributed by atoms with Crippen LogP contribution < -0.4 is 5.32 Å². The molecule has 1 aromatic carbocycles. The van der Waals surface area contributed by atoms with Crippen molar-refractivity contribution in [2.24, 2.45) is 0 Å². The zero-order valence-corrected chi connectivity index (χ0v) is 16.4. The highest BCUT2D eigenvalue weighted by molar-refractivity contribution is 5.82. The molecule has 3 amide bonds. The number of ether oxygens (including phenoxy) is 1. The van der Waals surface area contributed by atoms with Crippen molar-refractivity contribution >= 4 is 17.9 Å². The van der Waals surface area contributed by atoms with Gasteiger partial charge in [0.2, 0.25) is 11.8 Å². The lowest BCUT2D eigenvalue weighted by Gasteiger charge is -2.23. The molecular formula is C20H29N3O4. The predicted molar refractivity (Wildman–Crippen MR) is 102 cm³/mol. The third-order valence-corrected chi connectivity index (χ3v) is 4.18. The van der Waals surface area contributed by atoms with E-state index in [1.54, 1.807) is 25.7 Å². The number of alkyl carbamates (subject to hydrolysis) is 1. The number of hydrogen-bond donors (Lipinski definition) is 1. The molecule has 0 saturated carbocycles. The second kappa shape index (κ2) is 9.39. The summed E-state index contributed by atoms with van der Waals surface area (Å²) in [7, 11) is 0. The molecule has 0 bridgehead atoms. The van der Waals surface area contributed by atoms with Gasteiger partial charge in [-0.15, -0.1) is 0 Å². The molecule has 27 heavy (non-hydrogen) atoms. The van der Waals surface area contributed by atoms with E-state index in [0.29, 0.717) is 32.6 Å². The highest BCUT2D eigenvalue weighted by Crippen LogP contribution is 2.09. The fraction of sp³-hybridized carbons (Fsp3) is 0.550. The third kappa shape index (κ3) is 7.29. The van der Waals surface area contributed by atoms with Crippen molar-refractivity contribution in [2.75, 3.05) is 32.7 Å². The van der Waals surface area contributed by atoms with Gasteiger partial charge in [-0.2, -0.15) is 0 Å². The lowest BCUT2D eigenvalue weighted by molar-refractivity contribution is -0.132. The SMILES string of the molecule is CC(C)(C)OC(=O)NCC(=O)N1CCCN(C(=O)Cc2ccccc2)CC1. The quantitative estimate of drug-likeness (QED) is 0.871. The Kier molecular flexibility index (Phi) is 7.21. The summed E-state index contributed by atoms with van der Waals surface area (Å²) in [5.41, 5.74) is 0.385. The maximum Gasteiger partial charge on any atom is 0.408 e. The number of nitrogens with zero attached hydrogens (tertiary/aromatic N) is 2. The van der Waals surface area contributed by atoms with Gasteiger partial charge in [0, 0.05) is 26.2 Å². The van der Waals surface area contributed by atoms with Crippen LogP contribution in [-0.4, -0.2) is 66.0 Å². The second-order valence-corrected chi connectivity index (χ2v) is 7.63. The number of hydrogen-bond acceptors (Lipinski definition) is 4. The zero-order chi connectivity index (χ0) is 19.9. The molecular weight excluding hydrogens is 346 g/mol. The molecule has 148 valence electrons. The van der Waals surface area contributed by atoms with Gasteiger partial charge in [0.1, 0.15) is 12.1 Å². The van der Waals surface area contributed by atoms with Crippen LogP contribution in [0, 0.1) is 0 Å². The topological polar surface area (TPSA) is 79.0 Å². The van der Waals surface area contributed by atoms with Crippen molar-refractivity contribution in [3.05, 3.63) is 35.9 Å². The Hall–Kier alpha value is -2.57. The Morgan fingerprint density at radius 3 is 2.15 bits per heavy atom. The van der Waals surface area contributed by atoms with E-state index in [2.05, 4.69) is 5.32 Å². The Morgan fingerprint density at radius 2 is 1.56 bits per heavy atom. The monoisotopic (exact) mass is 375 g/mol. The number of carbonyl (C=O) groups excluding carboxylic acids is 3. The van der Waals surface area contributed by atoms with Gasteiger partial charge in [-0.3, -0.25) is 9.59 Å². The van der Waals surface area contributed by atoms with Crippen molar-refractivity contribution in [3.63, 3.8) is 0 Å². The molecule has 1 N–H and O–H groups in total. The van der Waals surface area contributed by atoms with Crippen molar-refractivity contribution < 1.29 is 19.1 Å². The molecule has 1 heterocycles. The van der Waals surface area contributed by atoms with Crippen LogP contribution in [0.2, 0.25) is 0 Å². The molecule has 0 unspecified atom stereocenters. The van der Waals surface area contributed by atoms with Crippen LogP contribution >= 0.6 is 0 Å². The van der Waals surface area contributed by atoms with Crippen LogP contribution in [0.3, 0.4) is 0 Å². The minimum atomic E-state index is -0.606. The highest BCUT2D eigenvalue weighted by Gasteiger charge is 2.23. The van der Waals surface area contributed by atoms with E-state index in [-0.39, 0.29) is 18.4 Å². The van der Waals surface area contributed by atoms with E-state index in [0.717, 1.165) is 12.0 Å². The average molecular weight is 375 g/mol. The van der Waals surface area contributed by atoms with Gasteiger partial charge in [0.25, 0.3) is 0 Å². The van der Waals surface area contributed by atoms with Crippen LogP contribution in [0.4, 0.5) is 4.79 Å². The fourth-order valence-electron chi connectivity index (χ4n) is 2.87. The van der Waals surface area contributed by atoms with Gasteiger partial charge in [-0.1, -0.05) is 30.3 Å². The van der Waals surface area contributed by atoms with Crippen molar-refractivity contribution in [1.82, 2.24) is 15.1 Å². The summed E-state index contributed by atoms with van der Waals surface area (Å²) >= 11 is 0. The number of carbonyl (C=O) groups is 3. The summed E-state index contributed by atoms with van der Waals surface area (Å²) in [4.78, 5) is 40.0. The lowest BCUT2D eigenvalue weighted by Crippen LogP contribution is -2.43. The largest absolute Gasteiger partial charge is 0.444 e. The summed E-state index contributed by atoms with van der Waals surface area (Å²) in [5, 5.41) is 2.49. The molecule has 1 aromatic rings. The molecule has 0 atom stereocenters. The third-order valence-electron chi connectivity index (χ3n) is 4.18. The molecule has 1 aliphatic rings. The minimum absolute atomic E-state index is 0.0716. The first-order valence-electron chi connectivity index (χ1n) is 9.31. The average Bonchev–Trinajstić information content (AvgIpc) is 2.85. The Balaban J connectivity index is 1.79. The number of amides is 3. The molecule has 7 heteroatoms. The van der Waals surface area contributed by atoms with Crippen LogP contribution in [0.25, 0.3) is 0 Å². The maximum atomic E-state index is 12.5. The molecule has 0 radical (unpaired) electrons. The van der Waals surface area contributed by atoms with Gasteiger partial charge in [0.15, 0.2) is 0 Å². The number of rotatable bonds is 4. The number of nitrogens with one attached hydrogen (secondary N) is 1. The molecule has 1 aliphatic heterocycles. The fourth-order valence-corrected chi connectivity index (χ4v) is 2.87. The van der Waals surface area contributed by atoms with E-state index >= 15 is 0 Å². The van der Waals surface area contributed by atoms with Crippen LogP contribution in [0.15, 0.2) is 30.3 Å². The summed E-state index contributed by atoms with van der Waals surface area (Å²) in [5.74, 6) is -0.0967. The van der Waals surface area contributed by atoms with Gasteiger partial charge in [-0.05, 0) is 32.8 Å². The first-order valence-corrected chi connectivity index (χ1v) is 9.31. The van der Waals surface area contributed by atoms with Gasteiger partial charge in [-0.25, -0.2) is 4.79 Å². The van der Waals surface area contributed by atoms with E-state index in [9.17, 15) is 14.4 Å². The second-order valence-electron chi connectivity index (χ2n) is 7.63. The zero-order valence-electron chi connectivity index (χ0n) is 16.4. The standard InChI is InChI=1S/C20H29N3O4/c1-20(2,3)27-19(26)21-15-18(25)23-11-7-10-22(12-13-23)17(24)14-16-8-5-4-6-9-16/h4-6,8-9H,7,10-15H2,1-3H3,(H,21,26). The molecule has 0 aromatic heterocycles. The van der Waals surface area contributed by atoms with Gasteiger partial charge in [0.05, 0.1) is 6.42 Å². The maximum absolute atomic E-state index is 12.5. The van der Waals surface area contributed by atoms with Gasteiger partial charge < -0.3 is 19.9 Å². The highest BCUT2D eigenvalue weighted by atomic mass is 16.6. The molecule has 0 aliphatic carbocycles. The van der Waals surface area contributed by atoms with E-state index in [4.69, 9.17) is 4.74 Å². The summed E-state index contributed by atoms with van der Waals surface area (Å²) in [6.07, 6.45) is 0.485. The lowest BCUT2D eigenvalue weighted by atomic mass is 10.1. The van der Waals surface area contributed by atoms with Crippen LogP contribution in [0.5, 0.6) is 0 Å². The van der Waals surface area contributed by atoms with Crippen molar-refractivity contribution in [3.8, 4) is 0 Å². The molecule has 7 nitrogen and oxygen atoms in total. The van der Waals surface area contributed by atoms with Crippen molar-refractivity contribution in [1.29, 1.82) is 0 Å². The molecule has 1 saturated heterocycles. The summed E-state index contributed by atoms with van der Waals surface area (Å²) < 4.78 is 5.13. The summed E-state index contributed by atoms with van der Waals surface area (Å²) in [6.45, 7) is 7.38. The minimum Gasteiger partial charge on any atom is -0.444 e. The Labute approximate surface area is 160 Å². The number of benzene rings is 1. The molecule has 1 fully saturated rings. The first kappa shape index (κ1) is 20.7. The molecule has 0 spiro atoms. The summed E-state index contributed by atoms with van der Waals surface area (Å²) in [6, 6.07) is 9.64. The first-order chi connectivity index (χ1) is 12.7. The predicted octanol–water partition coefficient (Wildman–Crippen LogP) is 1.81. The van der Waals surface area contributed by atoms with Crippen molar-refractivity contribution in [2.45, 2.75) is 39.2 Å². The van der Waals surface area contributed by atoms with E-state index < -0.39 is 11.7 Å². The Bertz CT molecular complexity index is 655. The van der Waals surface area contributed by atoms with Crippen LogP contribution in [0.1, 0.15) is 32.8 Å². The molecule has 2 rings (SSSR count). The smallest absolute Gasteiger partial charge is 0.408 e. The van der Waals surface area contributed by atoms with E-state index in [1.807, 2.05) is 35.2 Å². The van der Waals surface area contributed by atoms with Crippen LogP contribution in [-0.2, 0) is 20.7 Å². The Morgan fingerprint density at radius 1 is 0.963 bits per heavy atom. The van der Waals surface area contributed by atoms with E-state index in [1.165, 1.54) is 0 Å².